The molecule has 5 nitrogen and oxygen atoms in total. The highest BCUT2D eigenvalue weighted by molar-refractivity contribution is 5.82. The molecule has 1 aromatic rings. The molecule has 1 fully saturated rings. The second kappa shape index (κ2) is 2.83. The number of nitrogens with zero attached hydrogens (tertiary/aromatic N) is 2. The van der Waals surface area contributed by atoms with Crippen molar-refractivity contribution in [1.29, 1.82) is 0 Å². The highest BCUT2D eigenvalue weighted by atomic mass is 16.5. The lowest BCUT2D eigenvalue weighted by Crippen LogP contribution is -1.98. The maximum atomic E-state index is 10.4. The van der Waals surface area contributed by atoms with Crippen LogP contribution in [0.2, 0.25) is 0 Å². The van der Waals surface area contributed by atoms with Crippen molar-refractivity contribution in [2.45, 2.75) is 25.7 Å². The molecule has 0 radical (unpaired) electrons. The number of carboxylic acid groups (broad SMARTS) is 1. The summed E-state index contributed by atoms with van der Waals surface area (Å²) in [7, 11) is 0. The van der Waals surface area contributed by atoms with E-state index >= 15 is 0 Å². The molecule has 1 saturated carbocycles. The number of rotatable bonds is 3. The Morgan fingerprint density at radius 3 is 3.00 bits per heavy atom. The monoisotopic (exact) mass is 182 g/mol. The summed E-state index contributed by atoms with van der Waals surface area (Å²) in [5.41, 5.74) is 0. The van der Waals surface area contributed by atoms with Crippen LogP contribution >= 0.6 is 0 Å². The van der Waals surface area contributed by atoms with Gasteiger partial charge in [-0.05, 0) is 17.5 Å². The molecule has 0 spiro atoms. The molecule has 1 heterocycles. The number of carboxylic acids is 1. The SMILES string of the molecule is CC[C@@H]1C[C@H]1c1nc(C(=O)O)no1. The molecule has 70 valence electrons. The predicted octanol–water partition coefficient (Wildman–Crippen LogP) is 1.28. The lowest BCUT2D eigenvalue weighted by molar-refractivity contribution is 0.0680. The third kappa shape index (κ3) is 1.41. The van der Waals surface area contributed by atoms with Gasteiger partial charge in [-0.25, -0.2) is 4.79 Å². The van der Waals surface area contributed by atoms with Crippen molar-refractivity contribution in [3.63, 3.8) is 0 Å². The number of aromatic carboxylic acids is 1. The van der Waals surface area contributed by atoms with E-state index in [2.05, 4.69) is 17.1 Å². The Morgan fingerprint density at radius 2 is 2.54 bits per heavy atom. The van der Waals surface area contributed by atoms with Gasteiger partial charge in [-0.15, -0.1) is 0 Å². The summed E-state index contributed by atoms with van der Waals surface area (Å²) in [4.78, 5) is 14.2. The van der Waals surface area contributed by atoms with Gasteiger partial charge in [-0.1, -0.05) is 13.3 Å². The van der Waals surface area contributed by atoms with E-state index in [9.17, 15) is 4.79 Å². The molecule has 1 aliphatic carbocycles. The van der Waals surface area contributed by atoms with Crippen molar-refractivity contribution < 1.29 is 14.4 Å². The molecule has 1 N–H and O–H groups in total. The van der Waals surface area contributed by atoms with Gasteiger partial charge < -0.3 is 9.63 Å². The van der Waals surface area contributed by atoms with Crippen LogP contribution in [0.15, 0.2) is 4.52 Å². The standard InChI is InChI=1S/C8H10N2O3/c1-2-4-3-5(4)7-9-6(8(11)12)10-13-7/h4-5H,2-3H2,1H3,(H,11,12)/t4-,5-/m1/s1. The van der Waals surface area contributed by atoms with Crippen LogP contribution in [0.5, 0.6) is 0 Å². The number of carbonyl (C=O) groups is 1. The number of aromatic nitrogens is 2. The average Bonchev–Trinajstić information content (AvgIpc) is 2.73. The first-order valence-corrected chi connectivity index (χ1v) is 4.29. The molecule has 0 bridgehead atoms. The quantitative estimate of drug-likeness (QED) is 0.761. The largest absolute Gasteiger partial charge is 0.475 e. The van der Waals surface area contributed by atoms with Crippen molar-refractivity contribution in [3.8, 4) is 0 Å². The normalized spacial score (nSPS) is 25.9. The summed E-state index contributed by atoms with van der Waals surface area (Å²) >= 11 is 0. The van der Waals surface area contributed by atoms with Crippen LogP contribution in [0.25, 0.3) is 0 Å². The zero-order valence-corrected chi connectivity index (χ0v) is 7.23. The zero-order valence-electron chi connectivity index (χ0n) is 7.23. The molecule has 5 heteroatoms. The summed E-state index contributed by atoms with van der Waals surface area (Å²) in [6.07, 6.45) is 2.12. The van der Waals surface area contributed by atoms with Gasteiger partial charge in [0.15, 0.2) is 0 Å². The minimum Gasteiger partial charge on any atom is -0.475 e. The first-order chi connectivity index (χ1) is 6.22. The molecule has 13 heavy (non-hydrogen) atoms. The Morgan fingerprint density at radius 1 is 1.77 bits per heavy atom. The van der Waals surface area contributed by atoms with Gasteiger partial charge in [0, 0.05) is 5.92 Å². The van der Waals surface area contributed by atoms with Gasteiger partial charge in [-0.2, -0.15) is 4.98 Å². The van der Waals surface area contributed by atoms with E-state index in [4.69, 9.17) is 9.63 Å². The Balaban J connectivity index is 2.11. The van der Waals surface area contributed by atoms with Crippen LogP contribution in [0.3, 0.4) is 0 Å². The summed E-state index contributed by atoms with van der Waals surface area (Å²) in [6.45, 7) is 2.10. The molecular weight excluding hydrogens is 172 g/mol. The predicted molar refractivity (Wildman–Crippen MR) is 42.4 cm³/mol. The van der Waals surface area contributed by atoms with Gasteiger partial charge in [0.05, 0.1) is 0 Å². The van der Waals surface area contributed by atoms with Crippen LogP contribution in [-0.2, 0) is 0 Å². The summed E-state index contributed by atoms with van der Waals surface area (Å²) < 4.78 is 4.84. The average molecular weight is 182 g/mol. The maximum absolute atomic E-state index is 10.4. The van der Waals surface area contributed by atoms with E-state index in [1.54, 1.807) is 0 Å². The number of hydrogen-bond acceptors (Lipinski definition) is 4. The third-order valence-electron chi connectivity index (χ3n) is 2.40. The molecule has 2 atom stereocenters. The Bertz CT molecular complexity index is 334. The first-order valence-electron chi connectivity index (χ1n) is 4.29. The first kappa shape index (κ1) is 8.22. The minimum atomic E-state index is -1.14. The topological polar surface area (TPSA) is 76.2 Å². The van der Waals surface area contributed by atoms with Crippen molar-refractivity contribution in [1.82, 2.24) is 10.1 Å². The second-order valence-corrected chi connectivity index (χ2v) is 3.27. The lowest BCUT2D eigenvalue weighted by atomic mass is 10.2. The van der Waals surface area contributed by atoms with Gasteiger partial charge in [0.1, 0.15) is 0 Å². The zero-order chi connectivity index (χ0) is 9.42. The Hall–Kier alpha value is -1.39. The Kier molecular flexibility index (Phi) is 1.79. The molecule has 0 aromatic carbocycles. The molecular formula is C8H10N2O3. The van der Waals surface area contributed by atoms with Crippen molar-refractivity contribution in [2.75, 3.05) is 0 Å². The minimum absolute atomic E-state index is 0.239. The van der Waals surface area contributed by atoms with Crippen LogP contribution in [0.4, 0.5) is 0 Å². The van der Waals surface area contributed by atoms with Gasteiger partial charge in [0.25, 0.3) is 5.82 Å². The van der Waals surface area contributed by atoms with E-state index in [1.165, 1.54) is 0 Å². The highest BCUT2D eigenvalue weighted by Gasteiger charge is 2.41. The van der Waals surface area contributed by atoms with E-state index in [-0.39, 0.29) is 5.82 Å². The number of hydrogen-bond donors (Lipinski definition) is 1. The smallest absolute Gasteiger partial charge is 0.377 e. The molecule has 0 aliphatic heterocycles. The van der Waals surface area contributed by atoms with Crippen LogP contribution in [0.1, 0.15) is 42.2 Å². The summed E-state index contributed by atoms with van der Waals surface area (Å²) in [5.74, 6) is -0.00241. The Labute approximate surface area is 74.8 Å². The van der Waals surface area contributed by atoms with E-state index in [0.29, 0.717) is 17.7 Å². The molecule has 0 unspecified atom stereocenters. The highest BCUT2D eigenvalue weighted by Crippen LogP contribution is 2.48. The fourth-order valence-corrected chi connectivity index (χ4v) is 1.47. The molecule has 2 rings (SSSR count). The lowest BCUT2D eigenvalue weighted by Gasteiger charge is -1.86. The van der Waals surface area contributed by atoms with Crippen molar-refractivity contribution >= 4 is 5.97 Å². The molecule has 1 aliphatic rings. The third-order valence-corrected chi connectivity index (χ3v) is 2.40. The second-order valence-electron chi connectivity index (χ2n) is 3.27. The van der Waals surface area contributed by atoms with E-state index in [1.807, 2.05) is 0 Å². The van der Waals surface area contributed by atoms with Crippen LogP contribution < -0.4 is 0 Å². The van der Waals surface area contributed by atoms with Gasteiger partial charge in [0.2, 0.25) is 5.89 Å². The molecule has 1 aromatic heterocycles. The van der Waals surface area contributed by atoms with Crippen LogP contribution in [-0.4, -0.2) is 21.2 Å². The van der Waals surface area contributed by atoms with Crippen molar-refractivity contribution in [3.05, 3.63) is 11.7 Å². The van der Waals surface area contributed by atoms with Crippen molar-refractivity contribution in [2.24, 2.45) is 5.92 Å². The fraction of sp³-hybridized carbons (Fsp3) is 0.625. The molecule has 0 amide bonds. The van der Waals surface area contributed by atoms with Gasteiger partial charge >= 0.3 is 5.97 Å². The molecule has 0 saturated heterocycles. The fourth-order valence-electron chi connectivity index (χ4n) is 1.47. The van der Waals surface area contributed by atoms with Gasteiger partial charge in [-0.3, -0.25) is 0 Å². The summed E-state index contributed by atoms with van der Waals surface area (Å²) in [5, 5.41) is 11.9. The van der Waals surface area contributed by atoms with Crippen LogP contribution in [0, 0.1) is 5.92 Å². The maximum Gasteiger partial charge on any atom is 0.377 e. The summed E-state index contributed by atoms with van der Waals surface area (Å²) in [6, 6.07) is 0. The van der Waals surface area contributed by atoms with E-state index < -0.39 is 5.97 Å². The van der Waals surface area contributed by atoms with E-state index in [0.717, 1.165) is 12.8 Å².